The Morgan fingerprint density at radius 3 is 2.77 bits per heavy atom. The van der Waals surface area contributed by atoms with Gasteiger partial charge in [0.25, 0.3) is 0 Å². The summed E-state index contributed by atoms with van der Waals surface area (Å²) in [6.45, 7) is 0. The standard InChI is InChI=1S/C8H5ClN2O.ClH/c9-5-3-4-10-6-1-2-7(12)11-8(5)6;/h1-4H,(H,11,12);1H. The van der Waals surface area contributed by atoms with Gasteiger partial charge in [0.15, 0.2) is 0 Å². The van der Waals surface area contributed by atoms with E-state index in [-0.39, 0.29) is 18.3 Å². The second-order valence-corrected chi connectivity index (χ2v) is 2.74. The van der Waals surface area contributed by atoms with Crippen LogP contribution in [0.15, 0.2) is 24.4 Å². The molecule has 0 amide bonds. The van der Waals surface area contributed by atoms with Gasteiger partial charge in [-0.1, -0.05) is 11.6 Å². The first-order valence-corrected chi connectivity index (χ1v) is 3.75. The van der Waals surface area contributed by atoms with Gasteiger partial charge in [-0.2, -0.15) is 0 Å². The van der Waals surface area contributed by atoms with Crippen LogP contribution >= 0.6 is 24.0 Å². The topological polar surface area (TPSA) is 46.0 Å². The molecular formula is C8H6Cl2N2O. The summed E-state index contributed by atoms with van der Waals surface area (Å²) in [7, 11) is 0. The molecule has 2 heterocycles. The SMILES string of the molecule is Cl.Oc1ccc2nccc(Cl)c2n1. The molecule has 68 valence electrons. The van der Waals surface area contributed by atoms with Crippen LogP contribution in [0, 0.1) is 0 Å². The molecule has 0 saturated heterocycles. The first kappa shape index (κ1) is 10.0. The summed E-state index contributed by atoms with van der Waals surface area (Å²) < 4.78 is 0. The Balaban J connectivity index is 0.000000845. The fourth-order valence-corrected chi connectivity index (χ4v) is 1.18. The minimum absolute atomic E-state index is 0. The monoisotopic (exact) mass is 216 g/mol. The minimum Gasteiger partial charge on any atom is -0.493 e. The number of hydrogen-bond donors (Lipinski definition) is 1. The van der Waals surface area contributed by atoms with Crippen LogP contribution in [0.5, 0.6) is 5.88 Å². The van der Waals surface area contributed by atoms with Gasteiger partial charge in [-0.3, -0.25) is 4.98 Å². The van der Waals surface area contributed by atoms with Crippen molar-refractivity contribution in [2.24, 2.45) is 0 Å². The zero-order chi connectivity index (χ0) is 8.55. The minimum atomic E-state index is -0.0441. The number of hydrogen-bond acceptors (Lipinski definition) is 3. The van der Waals surface area contributed by atoms with E-state index in [0.717, 1.165) is 0 Å². The van der Waals surface area contributed by atoms with E-state index in [0.29, 0.717) is 16.1 Å². The predicted molar refractivity (Wildman–Crippen MR) is 53.5 cm³/mol. The lowest BCUT2D eigenvalue weighted by Gasteiger charge is -1.97. The third-order valence-electron chi connectivity index (χ3n) is 1.52. The molecule has 5 heteroatoms. The number of fused-ring (bicyclic) bond motifs is 1. The van der Waals surface area contributed by atoms with Crippen molar-refractivity contribution in [1.82, 2.24) is 9.97 Å². The fourth-order valence-electron chi connectivity index (χ4n) is 0.983. The van der Waals surface area contributed by atoms with Crippen molar-refractivity contribution in [3.8, 4) is 5.88 Å². The lowest BCUT2D eigenvalue weighted by Crippen LogP contribution is -1.82. The molecule has 0 radical (unpaired) electrons. The third kappa shape index (κ3) is 1.82. The molecule has 0 aliphatic carbocycles. The highest BCUT2D eigenvalue weighted by Gasteiger charge is 2.00. The molecule has 0 spiro atoms. The normalized spacial score (nSPS) is 9.62. The Hall–Kier alpha value is -1.06. The molecule has 0 aliphatic rings. The van der Waals surface area contributed by atoms with Gasteiger partial charge in [0.05, 0.1) is 10.5 Å². The number of nitrogens with zero attached hydrogens (tertiary/aromatic N) is 2. The Kier molecular flexibility index (Phi) is 2.90. The molecule has 1 N–H and O–H groups in total. The quantitative estimate of drug-likeness (QED) is 0.736. The van der Waals surface area contributed by atoms with Crippen LogP contribution in [0.3, 0.4) is 0 Å². The lowest BCUT2D eigenvalue weighted by atomic mass is 10.3. The zero-order valence-corrected chi connectivity index (χ0v) is 8.01. The van der Waals surface area contributed by atoms with Crippen molar-refractivity contribution in [2.45, 2.75) is 0 Å². The molecule has 2 aromatic rings. The maximum absolute atomic E-state index is 9.06. The third-order valence-corrected chi connectivity index (χ3v) is 1.82. The van der Waals surface area contributed by atoms with Gasteiger partial charge in [-0.15, -0.1) is 12.4 Å². The van der Waals surface area contributed by atoms with Crippen LogP contribution in [0.25, 0.3) is 11.0 Å². The predicted octanol–water partition coefficient (Wildman–Crippen LogP) is 2.41. The van der Waals surface area contributed by atoms with E-state index >= 15 is 0 Å². The van der Waals surface area contributed by atoms with Gasteiger partial charge in [0.1, 0.15) is 5.52 Å². The van der Waals surface area contributed by atoms with E-state index in [1.165, 1.54) is 6.07 Å². The van der Waals surface area contributed by atoms with Crippen molar-refractivity contribution >= 4 is 35.0 Å². The molecule has 2 aromatic heterocycles. The first-order valence-electron chi connectivity index (χ1n) is 3.37. The average Bonchev–Trinajstić information content (AvgIpc) is 2.07. The highest BCUT2D eigenvalue weighted by molar-refractivity contribution is 6.34. The van der Waals surface area contributed by atoms with E-state index in [9.17, 15) is 0 Å². The molecule has 0 aliphatic heterocycles. The number of rotatable bonds is 0. The van der Waals surface area contributed by atoms with Crippen molar-refractivity contribution in [3.63, 3.8) is 0 Å². The second kappa shape index (κ2) is 3.77. The smallest absolute Gasteiger partial charge is 0.211 e. The van der Waals surface area contributed by atoms with Crippen LogP contribution in [0.2, 0.25) is 5.02 Å². The highest BCUT2D eigenvalue weighted by atomic mass is 35.5. The van der Waals surface area contributed by atoms with Crippen LogP contribution in [-0.2, 0) is 0 Å². The van der Waals surface area contributed by atoms with Crippen LogP contribution in [0.4, 0.5) is 0 Å². The number of pyridine rings is 2. The molecule has 3 nitrogen and oxygen atoms in total. The summed E-state index contributed by atoms with van der Waals surface area (Å²) in [5.41, 5.74) is 1.21. The molecule has 0 unspecified atom stereocenters. The highest BCUT2D eigenvalue weighted by Crippen LogP contribution is 2.20. The second-order valence-electron chi connectivity index (χ2n) is 2.33. The van der Waals surface area contributed by atoms with Crippen molar-refractivity contribution in [2.75, 3.05) is 0 Å². The molecular weight excluding hydrogens is 211 g/mol. The van der Waals surface area contributed by atoms with E-state index in [2.05, 4.69) is 9.97 Å². The number of halogens is 2. The van der Waals surface area contributed by atoms with Crippen LogP contribution < -0.4 is 0 Å². The zero-order valence-electron chi connectivity index (χ0n) is 6.44. The summed E-state index contributed by atoms with van der Waals surface area (Å²) >= 11 is 5.82. The van der Waals surface area contributed by atoms with Gasteiger partial charge in [-0.05, 0) is 12.1 Å². The van der Waals surface area contributed by atoms with Crippen molar-refractivity contribution < 1.29 is 5.11 Å². The van der Waals surface area contributed by atoms with Crippen LogP contribution in [0.1, 0.15) is 0 Å². The summed E-state index contributed by atoms with van der Waals surface area (Å²) in [6.07, 6.45) is 1.60. The Morgan fingerprint density at radius 2 is 2.00 bits per heavy atom. The fraction of sp³-hybridized carbons (Fsp3) is 0. The van der Waals surface area contributed by atoms with Gasteiger partial charge in [0, 0.05) is 12.3 Å². The number of aromatic hydroxyl groups is 1. The largest absolute Gasteiger partial charge is 0.493 e. The number of aromatic nitrogens is 2. The average molecular weight is 217 g/mol. The summed E-state index contributed by atoms with van der Waals surface area (Å²) in [5, 5.41) is 9.55. The molecule has 13 heavy (non-hydrogen) atoms. The molecule has 0 saturated carbocycles. The summed E-state index contributed by atoms with van der Waals surface area (Å²) in [6, 6.07) is 4.78. The Morgan fingerprint density at radius 1 is 1.23 bits per heavy atom. The van der Waals surface area contributed by atoms with Gasteiger partial charge in [0.2, 0.25) is 5.88 Å². The van der Waals surface area contributed by atoms with Gasteiger partial charge >= 0.3 is 0 Å². The molecule has 0 aromatic carbocycles. The maximum Gasteiger partial charge on any atom is 0.211 e. The van der Waals surface area contributed by atoms with Gasteiger partial charge < -0.3 is 5.11 Å². The van der Waals surface area contributed by atoms with Gasteiger partial charge in [-0.25, -0.2) is 4.98 Å². The van der Waals surface area contributed by atoms with E-state index in [1.54, 1.807) is 18.3 Å². The molecule has 0 bridgehead atoms. The Bertz CT molecular complexity index is 433. The van der Waals surface area contributed by atoms with Crippen molar-refractivity contribution in [1.29, 1.82) is 0 Å². The maximum atomic E-state index is 9.06. The summed E-state index contributed by atoms with van der Waals surface area (Å²) in [5.74, 6) is -0.0441. The Labute approximate surface area is 85.8 Å². The van der Waals surface area contributed by atoms with Crippen molar-refractivity contribution in [3.05, 3.63) is 29.4 Å². The molecule has 0 atom stereocenters. The first-order chi connectivity index (χ1) is 5.77. The van der Waals surface area contributed by atoms with Crippen LogP contribution in [-0.4, -0.2) is 15.1 Å². The summed E-state index contributed by atoms with van der Waals surface area (Å²) in [4.78, 5) is 7.86. The molecule has 2 rings (SSSR count). The van der Waals surface area contributed by atoms with E-state index in [4.69, 9.17) is 16.7 Å². The molecule has 0 fully saturated rings. The van der Waals surface area contributed by atoms with E-state index < -0.39 is 0 Å². The van der Waals surface area contributed by atoms with E-state index in [1.807, 2.05) is 0 Å². The lowest BCUT2D eigenvalue weighted by molar-refractivity contribution is 0.456.